The molecule has 0 aliphatic carbocycles. The lowest BCUT2D eigenvalue weighted by Crippen LogP contribution is -2.41. The highest BCUT2D eigenvalue weighted by Crippen LogP contribution is 2.24. The number of nitrogens with zero attached hydrogens (tertiary/aromatic N) is 2. The number of likely N-dealkylation sites (tertiary alicyclic amines) is 1. The Labute approximate surface area is 148 Å². The van der Waals surface area contributed by atoms with Gasteiger partial charge in [0.1, 0.15) is 5.76 Å². The van der Waals surface area contributed by atoms with Gasteiger partial charge in [-0.05, 0) is 45.3 Å². The van der Waals surface area contributed by atoms with Crippen molar-refractivity contribution in [1.82, 2.24) is 20.7 Å². The number of carbonyl (C=O) groups is 1. The van der Waals surface area contributed by atoms with Crippen molar-refractivity contribution in [3.63, 3.8) is 0 Å². The van der Waals surface area contributed by atoms with Crippen LogP contribution in [-0.2, 0) is 6.54 Å². The molecule has 25 heavy (non-hydrogen) atoms. The molecule has 134 valence electrons. The molecule has 1 aliphatic rings. The first-order valence-corrected chi connectivity index (χ1v) is 8.87. The Balaban J connectivity index is 1.56. The molecule has 1 aromatic heterocycles. The van der Waals surface area contributed by atoms with E-state index >= 15 is 0 Å². The van der Waals surface area contributed by atoms with Gasteiger partial charge in [0.25, 0.3) is 0 Å². The number of hydrogen-bond acceptors (Lipinski definition) is 4. The van der Waals surface area contributed by atoms with Crippen molar-refractivity contribution in [2.24, 2.45) is 0 Å². The maximum atomic E-state index is 12.2. The van der Waals surface area contributed by atoms with E-state index in [1.54, 1.807) is 0 Å². The Bertz CT molecular complexity index is 673. The van der Waals surface area contributed by atoms with E-state index in [1.807, 2.05) is 19.9 Å². The number of nitrogens with one attached hydrogen (secondary N) is 2. The highest BCUT2D eigenvalue weighted by atomic mass is 16.5. The van der Waals surface area contributed by atoms with E-state index in [-0.39, 0.29) is 12.1 Å². The fourth-order valence-corrected chi connectivity index (χ4v) is 3.36. The lowest BCUT2D eigenvalue weighted by Gasteiger charge is -2.28. The molecule has 6 heteroatoms. The molecule has 1 aliphatic heterocycles. The van der Waals surface area contributed by atoms with Gasteiger partial charge in [-0.3, -0.25) is 4.90 Å². The molecule has 6 nitrogen and oxygen atoms in total. The van der Waals surface area contributed by atoms with E-state index < -0.39 is 0 Å². The first-order valence-electron chi connectivity index (χ1n) is 8.87. The average molecular weight is 342 g/mol. The van der Waals surface area contributed by atoms with Crippen molar-refractivity contribution in [2.75, 3.05) is 19.6 Å². The maximum absolute atomic E-state index is 12.2. The molecular formula is C19H26N4O2. The Morgan fingerprint density at radius 1 is 1.20 bits per heavy atom. The zero-order chi connectivity index (χ0) is 17.6. The highest BCUT2D eigenvalue weighted by Gasteiger charge is 2.23. The molecule has 1 saturated heterocycles. The van der Waals surface area contributed by atoms with Crippen molar-refractivity contribution in [3.05, 3.63) is 52.9 Å². The van der Waals surface area contributed by atoms with Crippen LogP contribution in [0.4, 0.5) is 4.79 Å². The predicted molar refractivity (Wildman–Crippen MR) is 96.2 cm³/mol. The maximum Gasteiger partial charge on any atom is 0.315 e. The number of benzene rings is 1. The van der Waals surface area contributed by atoms with Crippen LogP contribution in [-0.4, -0.2) is 35.7 Å². The minimum Gasteiger partial charge on any atom is -0.361 e. The molecule has 1 aromatic carbocycles. The molecular weight excluding hydrogens is 316 g/mol. The number of urea groups is 1. The molecule has 0 bridgehead atoms. The molecule has 0 spiro atoms. The number of rotatable bonds is 6. The van der Waals surface area contributed by atoms with Crippen LogP contribution < -0.4 is 10.6 Å². The van der Waals surface area contributed by atoms with Crippen molar-refractivity contribution in [3.8, 4) is 0 Å². The summed E-state index contributed by atoms with van der Waals surface area (Å²) >= 11 is 0. The van der Waals surface area contributed by atoms with E-state index in [4.69, 9.17) is 4.52 Å². The van der Waals surface area contributed by atoms with Gasteiger partial charge in [0.05, 0.1) is 11.7 Å². The van der Waals surface area contributed by atoms with Gasteiger partial charge in [-0.1, -0.05) is 35.5 Å². The van der Waals surface area contributed by atoms with E-state index in [0.29, 0.717) is 13.1 Å². The summed E-state index contributed by atoms with van der Waals surface area (Å²) < 4.78 is 5.12. The topological polar surface area (TPSA) is 70.4 Å². The molecule has 0 radical (unpaired) electrons. The lowest BCUT2D eigenvalue weighted by atomic mass is 10.1. The smallest absolute Gasteiger partial charge is 0.315 e. The van der Waals surface area contributed by atoms with Crippen LogP contribution in [0, 0.1) is 13.8 Å². The molecule has 3 rings (SSSR count). The van der Waals surface area contributed by atoms with Crippen LogP contribution in [0.3, 0.4) is 0 Å². The fourth-order valence-electron chi connectivity index (χ4n) is 3.36. The number of amides is 2. The van der Waals surface area contributed by atoms with Crippen LogP contribution in [0.15, 0.2) is 34.9 Å². The third-order valence-electron chi connectivity index (χ3n) is 4.83. The molecule has 2 amide bonds. The second-order valence-electron chi connectivity index (χ2n) is 6.54. The zero-order valence-corrected chi connectivity index (χ0v) is 14.9. The van der Waals surface area contributed by atoms with Gasteiger partial charge in [0, 0.05) is 18.7 Å². The Kier molecular flexibility index (Phi) is 5.71. The molecule has 0 saturated carbocycles. The Morgan fingerprint density at radius 3 is 2.56 bits per heavy atom. The van der Waals surface area contributed by atoms with Gasteiger partial charge in [0.2, 0.25) is 0 Å². The second kappa shape index (κ2) is 8.16. The molecule has 2 N–H and O–H groups in total. The van der Waals surface area contributed by atoms with E-state index in [2.05, 4.69) is 45.0 Å². The van der Waals surface area contributed by atoms with Gasteiger partial charge < -0.3 is 15.2 Å². The van der Waals surface area contributed by atoms with Gasteiger partial charge in [-0.25, -0.2) is 4.79 Å². The fraction of sp³-hybridized carbons (Fsp3) is 0.474. The standard InChI is InChI=1S/C19H26N4O2/c1-14-17(15(2)25-22-14)12-20-19(24)21-13-18(23-10-6-7-11-23)16-8-4-3-5-9-16/h3-5,8-9,18H,6-7,10-13H2,1-2H3,(H2,20,21,24). The third-order valence-corrected chi connectivity index (χ3v) is 4.83. The van der Waals surface area contributed by atoms with E-state index in [9.17, 15) is 4.79 Å². The summed E-state index contributed by atoms with van der Waals surface area (Å²) in [4.78, 5) is 14.7. The molecule has 2 heterocycles. The summed E-state index contributed by atoms with van der Waals surface area (Å²) in [5.41, 5.74) is 3.00. The van der Waals surface area contributed by atoms with Gasteiger partial charge in [-0.15, -0.1) is 0 Å². The summed E-state index contributed by atoms with van der Waals surface area (Å²) in [6, 6.07) is 10.4. The average Bonchev–Trinajstić information content (AvgIpc) is 3.25. The van der Waals surface area contributed by atoms with Crippen LogP contribution in [0.1, 0.15) is 41.5 Å². The quantitative estimate of drug-likeness (QED) is 0.847. The zero-order valence-electron chi connectivity index (χ0n) is 14.9. The summed E-state index contributed by atoms with van der Waals surface area (Å²) in [6.45, 7) is 6.92. The van der Waals surface area contributed by atoms with E-state index in [1.165, 1.54) is 18.4 Å². The van der Waals surface area contributed by atoms with E-state index in [0.717, 1.165) is 30.1 Å². The summed E-state index contributed by atoms with van der Waals surface area (Å²) in [5.74, 6) is 0.747. The monoisotopic (exact) mass is 342 g/mol. The normalized spacial score (nSPS) is 15.9. The van der Waals surface area contributed by atoms with Crippen molar-refractivity contribution in [1.29, 1.82) is 0 Å². The van der Waals surface area contributed by atoms with Crippen LogP contribution in [0.5, 0.6) is 0 Å². The van der Waals surface area contributed by atoms with Gasteiger partial charge in [0.15, 0.2) is 0 Å². The largest absolute Gasteiger partial charge is 0.361 e. The summed E-state index contributed by atoms with van der Waals surface area (Å²) in [7, 11) is 0. The summed E-state index contributed by atoms with van der Waals surface area (Å²) in [5, 5.41) is 9.82. The third kappa shape index (κ3) is 4.39. The number of aryl methyl sites for hydroxylation is 2. The first kappa shape index (κ1) is 17.5. The molecule has 1 fully saturated rings. The predicted octanol–water partition coefficient (Wildman–Crippen LogP) is 2.93. The van der Waals surface area contributed by atoms with Crippen LogP contribution in [0.25, 0.3) is 0 Å². The second-order valence-corrected chi connectivity index (χ2v) is 6.54. The van der Waals surface area contributed by atoms with Gasteiger partial charge in [-0.2, -0.15) is 0 Å². The summed E-state index contributed by atoms with van der Waals surface area (Å²) in [6.07, 6.45) is 2.45. The molecule has 1 unspecified atom stereocenters. The minimum absolute atomic E-state index is 0.167. The minimum atomic E-state index is -0.167. The number of aromatic nitrogens is 1. The first-order chi connectivity index (χ1) is 12.1. The highest BCUT2D eigenvalue weighted by molar-refractivity contribution is 5.73. The number of hydrogen-bond donors (Lipinski definition) is 2. The van der Waals surface area contributed by atoms with Crippen molar-refractivity contribution >= 4 is 6.03 Å². The number of carbonyl (C=O) groups excluding carboxylic acids is 1. The Hall–Kier alpha value is -2.34. The lowest BCUT2D eigenvalue weighted by molar-refractivity contribution is 0.220. The Morgan fingerprint density at radius 2 is 1.92 bits per heavy atom. The van der Waals surface area contributed by atoms with Gasteiger partial charge >= 0.3 is 6.03 Å². The molecule has 1 atom stereocenters. The van der Waals surface area contributed by atoms with Crippen molar-refractivity contribution < 1.29 is 9.32 Å². The van der Waals surface area contributed by atoms with Crippen molar-refractivity contribution in [2.45, 2.75) is 39.3 Å². The SMILES string of the molecule is Cc1noc(C)c1CNC(=O)NCC(c1ccccc1)N1CCCC1. The molecule has 2 aromatic rings. The van der Waals surface area contributed by atoms with Crippen LogP contribution >= 0.6 is 0 Å². The van der Waals surface area contributed by atoms with Crippen LogP contribution in [0.2, 0.25) is 0 Å².